The molecule has 0 amide bonds. The van der Waals surface area contributed by atoms with Crippen LogP contribution in [-0.4, -0.2) is 49.1 Å². The van der Waals surface area contributed by atoms with E-state index in [1.54, 1.807) is 0 Å². The van der Waals surface area contributed by atoms with Gasteiger partial charge in [-0.15, -0.1) is 0 Å². The number of nitrogens with zero attached hydrogens (tertiary/aromatic N) is 2. The number of likely N-dealkylation sites (tertiary alicyclic amines) is 2. The summed E-state index contributed by atoms with van der Waals surface area (Å²) in [5, 5.41) is 0. The lowest BCUT2D eigenvalue weighted by Gasteiger charge is -2.32. The van der Waals surface area contributed by atoms with E-state index in [4.69, 9.17) is 0 Å². The summed E-state index contributed by atoms with van der Waals surface area (Å²) in [5.41, 5.74) is 3.02. The molecule has 2 fully saturated rings. The molecule has 0 unspecified atom stereocenters. The van der Waals surface area contributed by atoms with Crippen LogP contribution in [-0.2, 0) is 12.8 Å². The lowest BCUT2D eigenvalue weighted by molar-refractivity contribution is 0.174. The van der Waals surface area contributed by atoms with E-state index >= 15 is 0 Å². The molecule has 0 radical (unpaired) electrons. The average Bonchev–Trinajstić information content (AvgIpc) is 3.04. The van der Waals surface area contributed by atoms with Gasteiger partial charge < -0.3 is 9.80 Å². The number of benzene rings is 2. The van der Waals surface area contributed by atoms with Crippen LogP contribution < -0.4 is 0 Å². The summed E-state index contributed by atoms with van der Waals surface area (Å²) in [5.74, 6) is 1.95. The van der Waals surface area contributed by atoms with Crippen LogP contribution in [0.2, 0.25) is 0 Å². The fourth-order valence-electron chi connectivity index (χ4n) is 7.56. The van der Waals surface area contributed by atoms with Gasteiger partial charge in [0.15, 0.2) is 0 Å². The third-order valence-corrected chi connectivity index (χ3v) is 10.5. The Hall–Kier alpha value is -1.64. The van der Waals surface area contributed by atoms with Crippen LogP contribution in [0.5, 0.6) is 0 Å². The highest BCUT2D eigenvalue weighted by atomic mass is 15.1. The minimum Gasteiger partial charge on any atom is -0.303 e. The maximum absolute atomic E-state index is 2.75. The Labute approximate surface area is 260 Å². The molecule has 0 saturated carbocycles. The van der Waals surface area contributed by atoms with Crippen LogP contribution in [0, 0.1) is 11.8 Å². The zero-order chi connectivity index (χ0) is 28.9. The molecule has 0 aliphatic carbocycles. The Morgan fingerprint density at radius 3 is 1.10 bits per heavy atom. The summed E-state index contributed by atoms with van der Waals surface area (Å²) in [6.07, 6.45) is 28.3. The van der Waals surface area contributed by atoms with Gasteiger partial charge in [0.05, 0.1) is 0 Å². The molecule has 2 heterocycles. The van der Waals surface area contributed by atoms with E-state index in [0.717, 1.165) is 11.8 Å². The maximum atomic E-state index is 2.75. The van der Waals surface area contributed by atoms with E-state index in [1.807, 2.05) is 0 Å². The first-order valence-electron chi connectivity index (χ1n) is 18.4. The van der Waals surface area contributed by atoms with Crippen molar-refractivity contribution in [2.75, 3.05) is 39.3 Å². The predicted molar refractivity (Wildman–Crippen MR) is 183 cm³/mol. The van der Waals surface area contributed by atoms with Gasteiger partial charge in [-0.05, 0) is 126 Å². The summed E-state index contributed by atoms with van der Waals surface area (Å²) < 4.78 is 0. The van der Waals surface area contributed by atoms with Crippen molar-refractivity contribution >= 4 is 0 Å². The molecule has 2 aromatic carbocycles. The highest BCUT2D eigenvalue weighted by molar-refractivity contribution is 5.15. The van der Waals surface area contributed by atoms with Crippen molar-refractivity contribution in [2.45, 2.75) is 128 Å². The van der Waals surface area contributed by atoms with Gasteiger partial charge >= 0.3 is 0 Å². The number of rotatable bonds is 21. The molecular weight excluding hydrogens is 508 g/mol. The Bertz CT molecular complexity index is 805. The molecule has 2 aliphatic rings. The van der Waals surface area contributed by atoms with Crippen molar-refractivity contribution in [1.82, 2.24) is 9.80 Å². The average molecular weight is 573 g/mol. The zero-order valence-corrected chi connectivity index (χ0v) is 27.2. The maximum Gasteiger partial charge on any atom is -0.00161 e. The van der Waals surface area contributed by atoms with Crippen molar-refractivity contribution in [3.63, 3.8) is 0 Å². The van der Waals surface area contributed by atoms with Gasteiger partial charge in [0.25, 0.3) is 0 Å². The molecule has 0 N–H and O–H groups in total. The summed E-state index contributed by atoms with van der Waals surface area (Å²) in [6.45, 7) is 8.10. The van der Waals surface area contributed by atoms with E-state index in [0.29, 0.717) is 0 Å². The molecule has 2 heteroatoms. The first kappa shape index (κ1) is 33.3. The highest BCUT2D eigenvalue weighted by Crippen LogP contribution is 2.24. The van der Waals surface area contributed by atoms with Crippen LogP contribution in [0.3, 0.4) is 0 Å². The summed E-state index contributed by atoms with van der Waals surface area (Å²) in [4.78, 5) is 5.51. The largest absolute Gasteiger partial charge is 0.303 e. The number of hydrogen-bond donors (Lipinski definition) is 0. The van der Waals surface area contributed by atoms with Crippen LogP contribution in [0.15, 0.2) is 60.7 Å². The van der Waals surface area contributed by atoms with Gasteiger partial charge in [0.1, 0.15) is 0 Å². The topological polar surface area (TPSA) is 6.48 Å². The summed E-state index contributed by atoms with van der Waals surface area (Å²) >= 11 is 0. The molecule has 2 aromatic rings. The Morgan fingerprint density at radius 1 is 0.405 bits per heavy atom. The summed E-state index contributed by atoms with van der Waals surface area (Å²) in [6, 6.07) is 22.1. The Balaban J connectivity index is 0.859. The fraction of sp³-hybridized carbons (Fsp3) is 0.700. The SMILES string of the molecule is c1ccc(CCCC2CCN(CCCCCCCCCCCCN3CCC(CCCc4ccccc4)CC3)CC2)cc1. The molecule has 2 saturated heterocycles. The van der Waals surface area contributed by atoms with Gasteiger partial charge in [0, 0.05) is 0 Å². The second-order valence-electron chi connectivity index (χ2n) is 13.9. The second kappa shape index (κ2) is 21.1. The molecule has 0 spiro atoms. The second-order valence-corrected chi connectivity index (χ2v) is 13.9. The lowest BCUT2D eigenvalue weighted by Crippen LogP contribution is -2.34. The van der Waals surface area contributed by atoms with Crippen molar-refractivity contribution < 1.29 is 0 Å². The molecule has 2 nitrogen and oxygen atoms in total. The fourth-order valence-corrected chi connectivity index (χ4v) is 7.56. The monoisotopic (exact) mass is 573 g/mol. The van der Waals surface area contributed by atoms with Crippen LogP contribution >= 0.6 is 0 Å². The quantitative estimate of drug-likeness (QED) is 0.137. The third kappa shape index (κ3) is 14.2. The van der Waals surface area contributed by atoms with Crippen molar-refractivity contribution in [3.8, 4) is 0 Å². The van der Waals surface area contributed by atoms with Crippen molar-refractivity contribution in [2.24, 2.45) is 11.8 Å². The van der Waals surface area contributed by atoms with Gasteiger partial charge in [-0.1, -0.05) is 125 Å². The molecule has 42 heavy (non-hydrogen) atoms. The smallest absolute Gasteiger partial charge is 0.00161 e. The molecular formula is C40H64N2. The van der Waals surface area contributed by atoms with E-state index in [-0.39, 0.29) is 0 Å². The first-order valence-corrected chi connectivity index (χ1v) is 18.4. The molecule has 0 aromatic heterocycles. The van der Waals surface area contributed by atoms with Crippen LogP contribution in [0.25, 0.3) is 0 Å². The van der Waals surface area contributed by atoms with E-state index in [1.165, 1.54) is 179 Å². The minimum atomic E-state index is 0.975. The third-order valence-electron chi connectivity index (χ3n) is 10.5. The Morgan fingerprint density at radius 2 is 0.738 bits per heavy atom. The van der Waals surface area contributed by atoms with Gasteiger partial charge in [-0.2, -0.15) is 0 Å². The van der Waals surface area contributed by atoms with Crippen molar-refractivity contribution in [1.29, 1.82) is 0 Å². The lowest BCUT2D eigenvalue weighted by atomic mass is 9.90. The minimum absolute atomic E-state index is 0.975. The van der Waals surface area contributed by atoms with Crippen LogP contribution in [0.4, 0.5) is 0 Å². The van der Waals surface area contributed by atoms with Gasteiger partial charge in [0.2, 0.25) is 0 Å². The first-order chi connectivity index (χ1) is 20.8. The molecule has 234 valence electrons. The number of piperidine rings is 2. The summed E-state index contributed by atoms with van der Waals surface area (Å²) in [7, 11) is 0. The zero-order valence-electron chi connectivity index (χ0n) is 27.2. The molecule has 2 aliphatic heterocycles. The van der Waals surface area contributed by atoms with Crippen LogP contribution in [0.1, 0.15) is 127 Å². The number of unbranched alkanes of at least 4 members (excludes halogenated alkanes) is 9. The molecule has 0 bridgehead atoms. The number of aryl methyl sites for hydroxylation is 2. The standard InChI is InChI=1S/C40H64N2/c1(3-5-7-15-31-41-33-27-39(28-34-41)25-17-23-37-19-11-9-12-20-37)2-4-6-8-16-32-42-35-29-40(30-36-42)26-18-24-38-21-13-10-14-22-38/h9-14,19-22,39-40H,1-8,15-18,23-36H2. The van der Waals surface area contributed by atoms with E-state index in [2.05, 4.69) is 70.5 Å². The van der Waals surface area contributed by atoms with Gasteiger partial charge in [-0.25, -0.2) is 0 Å². The Kier molecular flexibility index (Phi) is 16.7. The number of hydrogen-bond acceptors (Lipinski definition) is 2. The molecule has 0 atom stereocenters. The highest BCUT2D eigenvalue weighted by Gasteiger charge is 2.19. The predicted octanol–water partition coefficient (Wildman–Crippen LogP) is 10.4. The van der Waals surface area contributed by atoms with E-state index in [9.17, 15) is 0 Å². The normalized spacial score (nSPS) is 17.6. The van der Waals surface area contributed by atoms with Gasteiger partial charge in [-0.3, -0.25) is 0 Å². The van der Waals surface area contributed by atoms with Crippen molar-refractivity contribution in [3.05, 3.63) is 71.8 Å². The van der Waals surface area contributed by atoms with E-state index < -0.39 is 0 Å². The molecule has 4 rings (SSSR count).